The molecule has 0 saturated heterocycles. The Hall–Kier alpha value is -3.15. The normalized spacial score (nSPS) is 10.6. The molecule has 25 heavy (non-hydrogen) atoms. The number of rotatable bonds is 7. The molecule has 3 aromatic rings. The average molecular weight is 336 g/mol. The SMILES string of the molecule is O=C(CCc1ccccc1)NCCNC(=O)c1ccc2nc[nH]c2c1. The Morgan fingerprint density at radius 3 is 2.64 bits per heavy atom. The number of aromatic amines is 1. The number of nitrogens with one attached hydrogen (secondary N) is 3. The van der Waals surface area contributed by atoms with E-state index in [1.54, 1.807) is 24.5 Å². The molecule has 2 amide bonds. The summed E-state index contributed by atoms with van der Waals surface area (Å²) in [5.74, 6) is -0.188. The van der Waals surface area contributed by atoms with Gasteiger partial charge in [-0.1, -0.05) is 30.3 Å². The van der Waals surface area contributed by atoms with E-state index in [1.807, 2.05) is 30.3 Å². The number of H-pyrrole nitrogens is 1. The monoisotopic (exact) mass is 336 g/mol. The van der Waals surface area contributed by atoms with Gasteiger partial charge in [0, 0.05) is 25.1 Å². The van der Waals surface area contributed by atoms with Crippen molar-refractivity contribution in [2.75, 3.05) is 13.1 Å². The fourth-order valence-electron chi connectivity index (χ4n) is 2.55. The minimum atomic E-state index is -0.171. The summed E-state index contributed by atoms with van der Waals surface area (Å²) in [4.78, 5) is 31.0. The minimum Gasteiger partial charge on any atom is -0.354 e. The van der Waals surface area contributed by atoms with Gasteiger partial charge in [-0.25, -0.2) is 4.98 Å². The number of imidazole rings is 1. The van der Waals surface area contributed by atoms with Gasteiger partial charge in [0.05, 0.1) is 17.4 Å². The van der Waals surface area contributed by atoms with Crippen LogP contribution in [0.15, 0.2) is 54.9 Å². The lowest BCUT2D eigenvalue weighted by Gasteiger charge is -2.07. The van der Waals surface area contributed by atoms with Crippen molar-refractivity contribution < 1.29 is 9.59 Å². The number of hydrogen-bond donors (Lipinski definition) is 3. The molecule has 3 N–H and O–H groups in total. The van der Waals surface area contributed by atoms with Crippen molar-refractivity contribution in [3.63, 3.8) is 0 Å². The van der Waals surface area contributed by atoms with E-state index in [4.69, 9.17) is 0 Å². The molecule has 0 atom stereocenters. The summed E-state index contributed by atoms with van der Waals surface area (Å²) >= 11 is 0. The first kappa shape index (κ1) is 16.7. The number of benzene rings is 2. The van der Waals surface area contributed by atoms with Crippen molar-refractivity contribution in [2.45, 2.75) is 12.8 Å². The van der Waals surface area contributed by atoms with Gasteiger partial charge in [0.15, 0.2) is 0 Å². The Kier molecular flexibility index (Phi) is 5.41. The van der Waals surface area contributed by atoms with Crippen molar-refractivity contribution in [2.24, 2.45) is 0 Å². The molecule has 0 aliphatic heterocycles. The first-order valence-electron chi connectivity index (χ1n) is 8.24. The lowest BCUT2D eigenvalue weighted by atomic mass is 10.1. The van der Waals surface area contributed by atoms with Crippen LogP contribution in [-0.4, -0.2) is 34.9 Å². The lowest BCUT2D eigenvalue weighted by molar-refractivity contribution is -0.121. The van der Waals surface area contributed by atoms with Crippen LogP contribution in [0.1, 0.15) is 22.3 Å². The zero-order valence-electron chi connectivity index (χ0n) is 13.8. The fraction of sp³-hybridized carbons (Fsp3) is 0.211. The van der Waals surface area contributed by atoms with Crippen LogP contribution in [-0.2, 0) is 11.2 Å². The predicted molar refractivity (Wildman–Crippen MR) is 96.2 cm³/mol. The topological polar surface area (TPSA) is 86.9 Å². The van der Waals surface area contributed by atoms with Crippen LogP contribution in [0.2, 0.25) is 0 Å². The standard InChI is InChI=1S/C19H20N4O2/c24-18(9-6-14-4-2-1-3-5-14)20-10-11-21-19(25)15-7-8-16-17(12-15)23-13-22-16/h1-5,7-8,12-13H,6,9-11H2,(H,20,24)(H,21,25)(H,22,23). The fourth-order valence-corrected chi connectivity index (χ4v) is 2.55. The third-order valence-corrected chi connectivity index (χ3v) is 3.90. The number of carbonyl (C=O) groups excluding carboxylic acids is 2. The molecule has 1 aromatic heterocycles. The third-order valence-electron chi connectivity index (χ3n) is 3.90. The quantitative estimate of drug-likeness (QED) is 0.577. The number of carbonyl (C=O) groups is 2. The Labute approximate surface area is 145 Å². The van der Waals surface area contributed by atoms with Gasteiger partial charge in [-0.05, 0) is 30.2 Å². The largest absolute Gasteiger partial charge is 0.354 e. The number of nitrogens with zero attached hydrogens (tertiary/aromatic N) is 1. The molecule has 0 radical (unpaired) electrons. The third kappa shape index (κ3) is 4.67. The molecule has 0 unspecified atom stereocenters. The molecule has 128 valence electrons. The highest BCUT2D eigenvalue weighted by Crippen LogP contribution is 2.11. The molecular weight excluding hydrogens is 316 g/mol. The zero-order chi connectivity index (χ0) is 17.5. The highest BCUT2D eigenvalue weighted by molar-refractivity contribution is 5.97. The average Bonchev–Trinajstić information content (AvgIpc) is 3.12. The molecule has 3 rings (SSSR count). The van der Waals surface area contributed by atoms with Gasteiger partial charge in [0.1, 0.15) is 0 Å². The van der Waals surface area contributed by atoms with Crippen molar-refractivity contribution in [1.29, 1.82) is 0 Å². The molecular formula is C19H20N4O2. The number of amides is 2. The van der Waals surface area contributed by atoms with E-state index in [0.29, 0.717) is 31.5 Å². The maximum absolute atomic E-state index is 12.1. The van der Waals surface area contributed by atoms with Gasteiger partial charge in [0.25, 0.3) is 5.91 Å². The Morgan fingerprint density at radius 1 is 1.00 bits per heavy atom. The molecule has 0 aliphatic carbocycles. The Morgan fingerprint density at radius 2 is 1.80 bits per heavy atom. The molecule has 0 bridgehead atoms. The smallest absolute Gasteiger partial charge is 0.251 e. The van der Waals surface area contributed by atoms with Crippen molar-refractivity contribution in [3.8, 4) is 0 Å². The summed E-state index contributed by atoms with van der Waals surface area (Å²) in [5, 5.41) is 5.61. The molecule has 6 nitrogen and oxygen atoms in total. The number of aromatic nitrogens is 2. The number of hydrogen-bond acceptors (Lipinski definition) is 3. The van der Waals surface area contributed by atoms with Crippen LogP contribution in [0.5, 0.6) is 0 Å². The highest BCUT2D eigenvalue weighted by atomic mass is 16.2. The first-order chi connectivity index (χ1) is 12.2. The second kappa shape index (κ2) is 8.10. The van der Waals surface area contributed by atoms with Crippen LogP contribution in [0, 0.1) is 0 Å². The highest BCUT2D eigenvalue weighted by Gasteiger charge is 2.07. The van der Waals surface area contributed by atoms with E-state index >= 15 is 0 Å². The van der Waals surface area contributed by atoms with Crippen LogP contribution in [0.3, 0.4) is 0 Å². The molecule has 6 heteroatoms. The summed E-state index contributed by atoms with van der Waals surface area (Å²) < 4.78 is 0. The van der Waals surface area contributed by atoms with Crippen molar-refractivity contribution in [1.82, 2.24) is 20.6 Å². The van der Waals surface area contributed by atoms with E-state index < -0.39 is 0 Å². The second-order valence-electron chi connectivity index (χ2n) is 5.73. The maximum atomic E-state index is 12.1. The van der Waals surface area contributed by atoms with E-state index in [0.717, 1.165) is 16.6 Å². The van der Waals surface area contributed by atoms with E-state index in [1.165, 1.54) is 0 Å². The maximum Gasteiger partial charge on any atom is 0.251 e. The molecule has 0 fully saturated rings. The Bertz CT molecular complexity index is 858. The lowest BCUT2D eigenvalue weighted by Crippen LogP contribution is -2.34. The summed E-state index contributed by atoms with van der Waals surface area (Å²) in [6.07, 6.45) is 2.75. The molecule has 1 heterocycles. The van der Waals surface area contributed by atoms with Gasteiger partial charge in [-0.3, -0.25) is 9.59 Å². The van der Waals surface area contributed by atoms with Crippen molar-refractivity contribution >= 4 is 22.8 Å². The van der Waals surface area contributed by atoms with E-state index in [9.17, 15) is 9.59 Å². The van der Waals surface area contributed by atoms with Gasteiger partial charge < -0.3 is 15.6 Å². The minimum absolute atomic E-state index is 0.0167. The molecule has 0 saturated carbocycles. The van der Waals surface area contributed by atoms with Crippen LogP contribution in [0.4, 0.5) is 0 Å². The molecule has 2 aromatic carbocycles. The van der Waals surface area contributed by atoms with Gasteiger partial charge in [-0.15, -0.1) is 0 Å². The summed E-state index contributed by atoms with van der Waals surface area (Å²) in [6.45, 7) is 0.794. The number of aryl methyl sites for hydroxylation is 1. The summed E-state index contributed by atoms with van der Waals surface area (Å²) in [5.41, 5.74) is 3.34. The van der Waals surface area contributed by atoms with Gasteiger partial charge in [-0.2, -0.15) is 0 Å². The zero-order valence-corrected chi connectivity index (χ0v) is 13.8. The van der Waals surface area contributed by atoms with Gasteiger partial charge >= 0.3 is 0 Å². The van der Waals surface area contributed by atoms with Crippen molar-refractivity contribution in [3.05, 3.63) is 66.0 Å². The molecule has 0 aliphatic rings. The van der Waals surface area contributed by atoms with Crippen LogP contribution < -0.4 is 10.6 Å². The second-order valence-corrected chi connectivity index (χ2v) is 5.73. The van der Waals surface area contributed by atoms with E-state index in [2.05, 4.69) is 20.6 Å². The van der Waals surface area contributed by atoms with Gasteiger partial charge in [0.2, 0.25) is 5.91 Å². The van der Waals surface area contributed by atoms with Crippen LogP contribution >= 0.6 is 0 Å². The van der Waals surface area contributed by atoms with E-state index in [-0.39, 0.29) is 11.8 Å². The predicted octanol–water partition coefficient (Wildman–Crippen LogP) is 2.04. The number of fused-ring (bicyclic) bond motifs is 1. The summed E-state index contributed by atoms with van der Waals surface area (Å²) in [7, 11) is 0. The van der Waals surface area contributed by atoms with Crippen LogP contribution in [0.25, 0.3) is 11.0 Å². The first-order valence-corrected chi connectivity index (χ1v) is 8.24. The Balaban J connectivity index is 1.37. The summed E-state index contributed by atoms with van der Waals surface area (Å²) in [6, 6.07) is 15.2. The molecule has 0 spiro atoms.